The quantitative estimate of drug-likeness (QED) is 0.490. The normalized spacial score (nSPS) is 10.7. The van der Waals surface area contributed by atoms with Crippen LogP contribution in [0.4, 0.5) is 0 Å². The molecule has 5 nitrogen and oxygen atoms in total. The molecule has 0 saturated carbocycles. The number of rotatable bonds is 6. The van der Waals surface area contributed by atoms with Gasteiger partial charge >= 0.3 is 0 Å². The van der Waals surface area contributed by atoms with Crippen LogP contribution in [0.2, 0.25) is 0 Å². The smallest absolute Gasteiger partial charge is 0.272 e. The highest BCUT2D eigenvalue weighted by Crippen LogP contribution is 2.18. The summed E-state index contributed by atoms with van der Waals surface area (Å²) in [4.78, 5) is 15.9. The summed E-state index contributed by atoms with van der Waals surface area (Å²) < 4.78 is 6.90. The number of carbonyl (C=O) groups is 1. The SMILES string of the molecule is O=C(N/N=C/c1ccccc1OCc1ccc(Br)cc1)c1cccnc1. The molecule has 1 N–H and O–H groups in total. The molecule has 3 aromatic rings. The minimum atomic E-state index is -0.317. The Morgan fingerprint density at radius 2 is 1.92 bits per heavy atom. The van der Waals surface area contributed by atoms with Crippen LogP contribution in [-0.4, -0.2) is 17.1 Å². The molecule has 26 heavy (non-hydrogen) atoms. The third-order valence-electron chi connectivity index (χ3n) is 3.52. The molecule has 1 amide bonds. The number of hydrogen-bond acceptors (Lipinski definition) is 4. The molecule has 0 saturated heterocycles. The predicted octanol–water partition coefficient (Wildman–Crippen LogP) is 4.19. The van der Waals surface area contributed by atoms with Gasteiger partial charge in [0.05, 0.1) is 11.8 Å². The van der Waals surface area contributed by atoms with E-state index in [2.05, 4.69) is 31.4 Å². The molecule has 1 heterocycles. The second-order valence-electron chi connectivity index (χ2n) is 5.39. The molecule has 0 atom stereocenters. The lowest BCUT2D eigenvalue weighted by molar-refractivity contribution is 0.0954. The number of carbonyl (C=O) groups excluding carboxylic acids is 1. The van der Waals surface area contributed by atoms with Crippen LogP contribution in [0.3, 0.4) is 0 Å². The molecule has 0 aliphatic carbocycles. The number of amides is 1. The minimum absolute atomic E-state index is 0.317. The van der Waals surface area contributed by atoms with Crippen LogP contribution in [0.5, 0.6) is 5.75 Å². The highest BCUT2D eigenvalue weighted by atomic mass is 79.9. The number of pyridine rings is 1. The zero-order valence-corrected chi connectivity index (χ0v) is 15.4. The molecule has 2 aromatic carbocycles. The predicted molar refractivity (Wildman–Crippen MR) is 104 cm³/mol. The van der Waals surface area contributed by atoms with E-state index in [0.717, 1.165) is 15.6 Å². The Morgan fingerprint density at radius 3 is 2.69 bits per heavy atom. The van der Waals surface area contributed by atoms with E-state index in [-0.39, 0.29) is 5.91 Å². The number of halogens is 1. The lowest BCUT2D eigenvalue weighted by atomic mass is 10.2. The van der Waals surface area contributed by atoms with Gasteiger partial charge in [0.2, 0.25) is 0 Å². The third kappa shape index (κ3) is 5.00. The van der Waals surface area contributed by atoms with E-state index >= 15 is 0 Å². The Labute approximate surface area is 159 Å². The van der Waals surface area contributed by atoms with Crippen molar-refractivity contribution in [3.8, 4) is 5.75 Å². The molecular weight excluding hydrogens is 394 g/mol. The van der Waals surface area contributed by atoms with Gasteiger partial charge in [-0.05, 0) is 42.0 Å². The summed E-state index contributed by atoms with van der Waals surface area (Å²) in [5, 5.41) is 4.01. The zero-order chi connectivity index (χ0) is 18.2. The molecule has 0 unspecified atom stereocenters. The highest BCUT2D eigenvalue weighted by molar-refractivity contribution is 9.10. The molecule has 0 spiro atoms. The van der Waals surface area contributed by atoms with Gasteiger partial charge in [0, 0.05) is 22.4 Å². The first-order valence-corrected chi connectivity index (χ1v) is 8.71. The minimum Gasteiger partial charge on any atom is -0.488 e. The van der Waals surface area contributed by atoms with Crippen LogP contribution in [0.15, 0.2) is 82.6 Å². The second kappa shape index (κ2) is 8.92. The van der Waals surface area contributed by atoms with Gasteiger partial charge in [-0.15, -0.1) is 0 Å². The molecular formula is C20H16BrN3O2. The number of aromatic nitrogens is 1. The van der Waals surface area contributed by atoms with Gasteiger partial charge in [-0.1, -0.05) is 40.2 Å². The van der Waals surface area contributed by atoms with Crippen LogP contribution < -0.4 is 10.2 Å². The lowest BCUT2D eigenvalue weighted by Crippen LogP contribution is -2.17. The van der Waals surface area contributed by atoms with Crippen LogP contribution in [-0.2, 0) is 6.61 Å². The van der Waals surface area contributed by atoms with Crippen molar-refractivity contribution in [2.24, 2.45) is 5.10 Å². The molecule has 130 valence electrons. The van der Waals surface area contributed by atoms with Crippen molar-refractivity contribution < 1.29 is 9.53 Å². The standard InChI is InChI=1S/C20H16BrN3O2/c21-18-9-7-15(8-10-18)14-26-19-6-2-1-4-16(19)13-23-24-20(25)17-5-3-11-22-12-17/h1-13H,14H2,(H,24,25)/b23-13+. The maximum absolute atomic E-state index is 12.0. The van der Waals surface area contributed by atoms with Gasteiger partial charge in [0.15, 0.2) is 0 Å². The van der Waals surface area contributed by atoms with Gasteiger partial charge in [-0.3, -0.25) is 9.78 Å². The van der Waals surface area contributed by atoms with E-state index in [1.165, 1.54) is 6.20 Å². The monoisotopic (exact) mass is 409 g/mol. The lowest BCUT2D eigenvalue weighted by Gasteiger charge is -2.09. The summed E-state index contributed by atoms with van der Waals surface area (Å²) in [5.74, 6) is 0.373. The Kier molecular flexibility index (Phi) is 6.11. The summed E-state index contributed by atoms with van der Waals surface area (Å²) in [5.41, 5.74) is 4.77. The number of para-hydroxylation sites is 1. The maximum Gasteiger partial charge on any atom is 0.272 e. The molecule has 1 aromatic heterocycles. The van der Waals surface area contributed by atoms with E-state index in [0.29, 0.717) is 17.9 Å². The van der Waals surface area contributed by atoms with Crippen molar-refractivity contribution in [3.05, 3.63) is 94.2 Å². The maximum atomic E-state index is 12.0. The molecule has 0 bridgehead atoms. The molecule has 3 rings (SSSR count). The topological polar surface area (TPSA) is 63.6 Å². The first-order valence-electron chi connectivity index (χ1n) is 7.92. The van der Waals surface area contributed by atoms with E-state index in [9.17, 15) is 4.79 Å². The van der Waals surface area contributed by atoms with E-state index in [1.54, 1.807) is 24.5 Å². The number of nitrogens with one attached hydrogen (secondary N) is 1. The molecule has 0 fully saturated rings. The largest absolute Gasteiger partial charge is 0.488 e. The number of hydrazone groups is 1. The first-order chi connectivity index (χ1) is 12.7. The van der Waals surface area contributed by atoms with Crippen LogP contribution in [0, 0.1) is 0 Å². The van der Waals surface area contributed by atoms with Crippen molar-refractivity contribution in [2.75, 3.05) is 0 Å². The van der Waals surface area contributed by atoms with Crippen molar-refractivity contribution in [3.63, 3.8) is 0 Å². The number of ether oxygens (including phenoxy) is 1. The van der Waals surface area contributed by atoms with Crippen molar-refractivity contribution in [2.45, 2.75) is 6.61 Å². The Morgan fingerprint density at radius 1 is 1.12 bits per heavy atom. The van der Waals surface area contributed by atoms with Gasteiger partial charge < -0.3 is 4.74 Å². The van der Waals surface area contributed by atoms with E-state index in [4.69, 9.17) is 4.74 Å². The highest BCUT2D eigenvalue weighted by Gasteiger charge is 2.04. The van der Waals surface area contributed by atoms with Gasteiger partial charge in [-0.2, -0.15) is 5.10 Å². The van der Waals surface area contributed by atoms with Crippen LogP contribution in [0.1, 0.15) is 21.5 Å². The third-order valence-corrected chi connectivity index (χ3v) is 4.05. The Hall–Kier alpha value is -2.99. The first kappa shape index (κ1) is 17.8. The summed E-state index contributed by atoms with van der Waals surface area (Å²) >= 11 is 3.41. The number of hydrogen-bond donors (Lipinski definition) is 1. The fourth-order valence-corrected chi connectivity index (χ4v) is 2.45. The number of benzene rings is 2. The van der Waals surface area contributed by atoms with E-state index < -0.39 is 0 Å². The van der Waals surface area contributed by atoms with Crippen molar-refractivity contribution in [1.82, 2.24) is 10.4 Å². The Bertz CT molecular complexity index is 896. The summed E-state index contributed by atoms with van der Waals surface area (Å²) in [6.45, 7) is 0.445. The summed E-state index contributed by atoms with van der Waals surface area (Å²) in [6, 6.07) is 18.8. The van der Waals surface area contributed by atoms with Crippen LogP contribution >= 0.6 is 15.9 Å². The molecule has 0 aliphatic rings. The zero-order valence-electron chi connectivity index (χ0n) is 13.8. The fraction of sp³-hybridized carbons (Fsp3) is 0.0500. The fourth-order valence-electron chi connectivity index (χ4n) is 2.18. The molecule has 0 radical (unpaired) electrons. The van der Waals surface area contributed by atoms with Crippen molar-refractivity contribution >= 4 is 28.1 Å². The summed E-state index contributed by atoms with van der Waals surface area (Å²) in [6.07, 6.45) is 4.66. The number of nitrogens with zero attached hydrogens (tertiary/aromatic N) is 2. The van der Waals surface area contributed by atoms with Gasteiger partial charge in [0.1, 0.15) is 12.4 Å². The second-order valence-corrected chi connectivity index (χ2v) is 6.31. The molecule has 6 heteroatoms. The average Bonchev–Trinajstić information content (AvgIpc) is 2.69. The molecule has 0 aliphatic heterocycles. The summed E-state index contributed by atoms with van der Waals surface area (Å²) in [7, 11) is 0. The van der Waals surface area contributed by atoms with Gasteiger partial charge in [0.25, 0.3) is 5.91 Å². The van der Waals surface area contributed by atoms with E-state index in [1.807, 2.05) is 48.5 Å². The Balaban J connectivity index is 1.63. The van der Waals surface area contributed by atoms with Crippen molar-refractivity contribution in [1.29, 1.82) is 0 Å². The van der Waals surface area contributed by atoms with Crippen LogP contribution in [0.25, 0.3) is 0 Å². The average molecular weight is 410 g/mol. The van der Waals surface area contributed by atoms with Gasteiger partial charge in [-0.25, -0.2) is 5.43 Å².